The molecule has 3 nitrogen and oxygen atoms in total. The van der Waals surface area contributed by atoms with Crippen LogP contribution in [0.4, 0.5) is 17.1 Å². The molecule has 0 fully saturated rings. The number of para-hydroxylation sites is 6. The summed E-state index contributed by atoms with van der Waals surface area (Å²) in [5.41, 5.74) is 11.6. The number of fused-ring (bicyclic) bond motifs is 3. The van der Waals surface area contributed by atoms with Crippen LogP contribution in [0.3, 0.4) is 0 Å². The fourth-order valence-electron chi connectivity index (χ4n) is 6.00. The first-order valence-corrected chi connectivity index (χ1v) is 14.9. The molecule has 2 heterocycles. The summed E-state index contributed by atoms with van der Waals surface area (Å²) in [5, 5.41) is 0. The number of hydrogen-bond donors (Lipinski definition) is 0. The normalized spacial score (nSPS) is 12.7. The molecule has 7 aromatic rings. The van der Waals surface area contributed by atoms with Crippen LogP contribution in [0.25, 0.3) is 22.4 Å². The summed E-state index contributed by atoms with van der Waals surface area (Å²) in [5.74, 6) is 0. The molecule has 0 N–H and O–H groups in total. The molecular weight excluding hydrogens is 730 g/mol. The molecule has 0 aliphatic carbocycles. The van der Waals surface area contributed by atoms with Crippen molar-refractivity contribution in [1.82, 2.24) is 4.57 Å². The minimum Gasteiger partial charge on any atom is -0.358 e. The Morgan fingerprint density at radius 3 is 1.96 bits per heavy atom. The van der Waals surface area contributed by atoms with Crippen molar-refractivity contribution in [2.24, 2.45) is 0 Å². The molecule has 0 radical (unpaired) electrons. The number of nitrogens with zero attached hydrogens (tertiary/aromatic N) is 3. The average Bonchev–Trinajstić information content (AvgIpc) is 3.46. The Bertz CT molecular complexity index is 2000. The molecule has 4 heteroatoms. The third-order valence-corrected chi connectivity index (χ3v) is 8.27. The third kappa shape index (κ3) is 5.65. The predicted molar refractivity (Wildman–Crippen MR) is 178 cm³/mol. The molecule has 0 spiro atoms. The number of anilines is 3. The van der Waals surface area contributed by atoms with Gasteiger partial charge in [0.2, 0.25) is 0 Å². The zero-order valence-corrected chi connectivity index (χ0v) is 27.7. The molecule has 45 heavy (non-hydrogen) atoms. The first-order chi connectivity index (χ1) is 21.5. The molecule has 6 aromatic carbocycles. The molecule has 1 aliphatic heterocycles. The van der Waals surface area contributed by atoms with Crippen LogP contribution in [0.2, 0.25) is 0 Å². The molecule has 0 unspecified atom stereocenters. The molecule has 220 valence electrons. The van der Waals surface area contributed by atoms with E-state index < -0.39 is 0 Å². The molecule has 0 amide bonds. The molecule has 0 bridgehead atoms. The Morgan fingerprint density at radius 2 is 1.22 bits per heavy atom. The predicted octanol–water partition coefficient (Wildman–Crippen LogP) is 9.21. The Morgan fingerprint density at radius 1 is 0.600 bits per heavy atom. The van der Waals surface area contributed by atoms with Gasteiger partial charge in [-0.1, -0.05) is 85.4 Å². The van der Waals surface area contributed by atoms with Crippen LogP contribution in [0.1, 0.15) is 30.5 Å². The average molecular weight is 762 g/mol. The second-order valence-corrected chi connectivity index (χ2v) is 11.5. The maximum atomic E-state index is 3.44. The van der Waals surface area contributed by atoms with Crippen molar-refractivity contribution in [2.45, 2.75) is 26.2 Å². The van der Waals surface area contributed by atoms with Gasteiger partial charge in [0.1, 0.15) is 0 Å². The van der Waals surface area contributed by atoms with Crippen LogP contribution in [-0.4, -0.2) is 4.57 Å². The number of aryl methyl sites for hydroxylation is 1. The molecule has 0 atom stereocenters. The summed E-state index contributed by atoms with van der Waals surface area (Å²) in [6.07, 6.45) is 3.44. The number of aromatic nitrogens is 2. The second kappa shape index (κ2) is 12.7. The van der Waals surface area contributed by atoms with Gasteiger partial charge in [0.05, 0.1) is 16.7 Å². The topological polar surface area (TPSA) is 12.1 Å². The fourth-order valence-corrected chi connectivity index (χ4v) is 6.00. The zero-order valence-electron chi connectivity index (χ0n) is 25.4. The van der Waals surface area contributed by atoms with E-state index >= 15 is 0 Å². The number of hydrogen-bond acceptors (Lipinski definition) is 1. The van der Waals surface area contributed by atoms with Crippen LogP contribution >= 0.6 is 0 Å². The van der Waals surface area contributed by atoms with Gasteiger partial charge in [-0.3, -0.25) is 4.57 Å². The van der Waals surface area contributed by atoms with Crippen LogP contribution in [0.15, 0.2) is 140 Å². The van der Waals surface area contributed by atoms with Crippen molar-refractivity contribution in [1.29, 1.82) is 0 Å². The van der Waals surface area contributed by atoms with E-state index in [1.165, 1.54) is 22.4 Å². The van der Waals surface area contributed by atoms with Crippen molar-refractivity contribution in [3.63, 3.8) is 0 Å². The van der Waals surface area contributed by atoms with Gasteiger partial charge in [-0.2, -0.15) is 78.9 Å². The number of rotatable bonds is 3. The van der Waals surface area contributed by atoms with Crippen molar-refractivity contribution in [3.05, 3.63) is 181 Å². The van der Waals surface area contributed by atoms with E-state index in [0.717, 1.165) is 33.8 Å². The Labute approximate surface area is 280 Å². The molecule has 0 saturated carbocycles. The summed E-state index contributed by atoms with van der Waals surface area (Å²) in [6.45, 7) is 6.66. The largest absolute Gasteiger partial charge is 4.00 e. The van der Waals surface area contributed by atoms with E-state index in [0.29, 0.717) is 0 Å². The molecule has 8 rings (SSSR count). The summed E-state index contributed by atoms with van der Waals surface area (Å²) >= 11 is 0. The minimum atomic E-state index is -0.0328. The SMILES string of the molecule is CC1(C)c2ccc[c-]c2N(c2[c-]cccc2)c2ccccc21.Cc1ccc(-[n+]2[c-]n(-c3[c-]cccc3)c3ccccc32)cc1.[Pt+4]. The monoisotopic (exact) mass is 761 g/mol. The minimum absolute atomic E-state index is 0. The van der Waals surface area contributed by atoms with E-state index in [9.17, 15) is 0 Å². The molecule has 1 aromatic heterocycles. The Balaban J connectivity index is 0.000000155. The van der Waals surface area contributed by atoms with E-state index in [2.05, 4.69) is 156 Å². The van der Waals surface area contributed by atoms with Gasteiger partial charge >= 0.3 is 21.1 Å². The van der Waals surface area contributed by atoms with Crippen LogP contribution < -0.4 is 9.47 Å². The Kier molecular flexibility index (Phi) is 8.56. The van der Waals surface area contributed by atoms with Crippen LogP contribution in [0, 0.1) is 31.5 Å². The molecule has 1 aliphatic rings. The second-order valence-electron chi connectivity index (χ2n) is 11.5. The van der Waals surface area contributed by atoms with E-state index in [1.807, 2.05) is 42.5 Å². The first kappa shape index (κ1) is 30.3. The van der Waals surface area contributed by atoms with E-state index in [4.69, 9.17) is 0 Å². The summed E-state index contributed by atoms with van der Waals surface area (Å²) in [6, 6.07) is 57.8. The van der Waals surface area contributed by atoms with Crippen molar-refractivity contribution in [2.75, 3.05) is 4.90 Å². The smallest absolute Gasteiger partial charge is 0.358 e. The fraction of sp³-hybridized carbons (Fsp3) is 0.0976. The number of benzene rings is 6. The Hall–Kier alpha value is -4.72. The van der Waals surface area contributed by atoms with E-state index in [1.54, 1.807) is 0 Å². The van der Waals surface area contributed by atoms with E-state index in [-0.39, 0.29) is 26.5 Å². The van der Waals surface area contributed by atoms with Crippen LogP contribution in [-0.2, 0) is 26.5 Å². The summed E-state index contributed by atoms with van der Waals surface area (Å²) in [4.78, 5) is 2.26. The first-order valence-electron chi connectivity index (χ1n) is 14.9. The quantitative estimate of drug-likeness (QED) is 0.129. The van der Waals surface area contributed by atoms with Gasteiger partial charge < -0.3 is 9.47 Å². The molecular formula is C41H32N3Pt+. The maximum Gasteiger partial charge on any atom is 4.00 e. The number of imidazole rings is 1. The zero-order chi connectivity index (χ0) is 30.1. The maximum absolute atomic E-state index is 3.44. The summed E-state index contributed by atoms with van der Waals surface area (Å²) < 4.78 is 4.14. The molecule has 0 saturated heterocycles. The van der Waals surface area contributed by atoms with Crippen molar-refractivity contribution < 1.29 is 25.6 Å². The van der Waals surface area contributed by atoms with Crippen molar-refractivity contribution in [3.8, 4) is 11.4 Å². The van der Waals surface area contributed by atoms with Gasteiger partial charge in [0.25, 0.3) is 6.33 Å². The third-order valence-electron chi connectivity index (χ3n) is 8.27. The van der Waals surface area contributed by atoms with Gasteiger partial charge in [-0.05, 0) is 41.8 Å². The van der Waals surface area contributed by atoms with Gasteiger partial charge in [0.15, 0.2) is 0 Å². The van der Waals surface area contributed by atoms with Gasteiger partial charge in [-0.15, -0.1) is 11.6 Å². The standard InChI is InChI=1S/C21H17N.C20H15N2.Pt/c1-21(2)17-12-6-8-14-19(17)22(16-10-4-3-5-11-16)20-15-9-7-13-18(20)21;1-16-11-13-18(14-12-16)22-15-21(17-7-3-2-4-8-17)19-9-5-6-10-20(19)22;/h3-10,12-14H,1-2H3;2-7,9-14H,1H3;/q-2;-1;+4. The van der Waals surface area contributed by atoms with Gasteiger partial charge in [0, 0.05) is 5.69 Å². The van der Waals surface area contributed by atoms with Crippen LogP contribution in [0.5, 0.6) is 0 Å². The van der Waals surface area contributed by atoms with Gasteiger partial charge in [-0.25, -0.2) is 0 Å². The van der Waals surface area contributed by atoms with Crippen molar-refractivity contribution >= 4 is 28.1 Å². The summed E-state index contributed by atoms with van der Waals surface area (Å²) in [7, 11) is 0.